The van der Waals surface area contributed by atoms with E-state index < -0.39 is 0 Å². The second kappa shape index (κ2) is 7.22. The lowest BCUT2D eigenvalue weighted by Crippen LogP contribution is -2.13. The van der Waals surface area contributed by atoms with Crippen molar-refractivity contribution in [3.8, 4) is 5.75 Å². The van der Waals surface area contributed by atoms with Crippen molar-refractivity contribution in [3.05, 3.63) is 52.1 Å². The molecule has 0 fully saturated rings. The van der Waals surface area contributed by atoms with Crippen LogP contribution in [0.25, 0.3) is 0 Å². The minimum atomic E-state index is -0.203. The number of hydrogen-bond donors (Lipinski definition) is 1. The van der Waals surface area contributed by atoms with Crippen LogP contribution in [0.1, 0.15) is 29.4 Å². The van der Waals surface area contributed by atoms with Crippen LogP contribution in [0.15, 0.2) is 40.9 Å². The van der Waals surface area contributed by atoms with E-state index in [0.717, 1.165) is 16.6 Å². The van der Waals surface area contributed by atoms with Crippen molar-refractivity contribution in [1.82, 2.24) is 4.98 Å². The standard InChI is InChI=1S/C16H17BrN2O2/c1-3-9-21-13-6-4-5-12(10-13)16(20)19-15-8-7-14(17)11(2)18-15/h4-8,10H,3,9H2,1-2H3,(H,18,19,20). The summed E-state index contributed by atoms with van der Waals surface area (Å²) in [7, 11) is 0. The van der Waals surface area contributed by atoms with Gasteiger partial charge in [-0.15, -0.1) is 0 Å². The fourth-order valence-electron chi connectivity index (χ4n) is 1.75. The smallest absolute Gasteiger partial charge is 0.256 e. The Morgan fingerprint density at radius 3 is 2.86 bits per heavy atom. The van der Waals surface area contributed by atoms with Crippen molar-refractivity contribution >= 4 is 27.7 Å². The molecule has 0 atom stereocenters. The quantitative estimate of drug-likeness (QED) is 0.880. The number of halogens is 1. The Labute approximate surface area is 132 Å². The Morgan fingerprint density at radius 2 is 2.14 bits per heavy atom. The first-order valence-electron chi connectivity index (χ1n) is 6.77. The molecular formula is C16H17BrN2O2. The monoisotopic (exact) mass is 348 g/mol. The molecule has 0 aliphatic carbocycles. The average molecular weight is 349 g/mol. The van der Waals surface area contributed by atoms with Crippen LogP contribution in [-0.2, 0) is 0 Å². The maximum absolute atomic E-state index is 12.2. The molecule has 0 saturated heterocycles. The van der Waals surface area contributed by atoms with Gasteiger partial charge in [0.05, 0.1) is 12.3 Å². The first-order valence-corrected chi connectivity index (χ1v) is 7.57. The predicted molar refractivity (Wildman–Crippen MR) is 86.9 cm³/mol. The van der Waals surface area contributed by atoms with Crippen molar-refractivity contribution in [2.45, 2.75) is 20.3 Å². The molecule has 1 aromatic carbocycles. The zero-order valence-electron chi connectivity index (χ0n) is 12.0. The van der Waals surface area contributed by atoms with Gasteiger partial charge in [-0.3, -0.25) is 4.79 Å². The van der Waals surface area contributed by atoms with E-state index in [2.05, 4.69) is 26.2 Å². The Balaban J connectivity index is 2.10. The van der Waals surface area contributed by atoms with Crippen LogP contribution in [0.4, 0.5) is 5.82 Å². The van der Waals surface area contributed by atoms with Gasteiger partial charge in [0.15, 0.2) is 0 Å². The summed E-state index contributed by atoms with van der Waals surface area (Å²) < 4.78 is 6.44. The van der Waals surface area contributed by atoms with Gasteiger partial charge in [-0.1, -0.05) is 13.0 Å². The number of nitrogens with zero attached hydrogens (tertiary/aromatic N) is 1. The van der Waals surface area contributed by atoms with Gasteiger partial charge in [0, 0.05) is 10.0 Å². The number of aryl methyl sites for hydroxylation is 1. The first kappa shape index (κ1) is 15.5. The number of pyridine rings is 1. The van der Waals surface area contributed by atoms with Gasteiger partial charge in [0.1, 0.15) is 11.6 Å². The summed E-state index contributed by atoms with van der Waals surface area (Å²) in [4.78, 5) is 16.5. The number of benzene rings is 1. The minimum absolute atomic E-state index is 0.203. The van der Waals surface area contributed by atoms with Crippen LogP contribution in [0, 0.1) is 6.92 Å². The number of aromatic nitrogens is 1. The number of amides is 1. The third-order valence-corrected chi connectivity index (χ3v) is 3.67. The number of ether oxygens (including phenoxy) is 1. The Morgan fingerprint density at radius 1 is 1.33 bits per heavy atom. The van der Waals surface area contributed by atoms with Crippen LogP contribution in [0.3, 0.4) is 0 Å². The van der Waals surface area contributed by atoms with Gasteiger partial charge >= 0.3 is 0 Å². The third-order valence-electron chi connectivity index (χ3n) is 2.83. The highest BCUT2D eigenvalue weighted by Crippen LogP contribution is 2.18. The zero-order valence-corrected chi connectivity index (χ0v) is 13.6. The van der Waals surface area contributed by atoms with Crippen molar-refractivity contribution < 1.29 is 9.53 Å². The van der Waals surface area contributed by atoms with Crippen LogP contribution >= 0.6 is 15.9 Å². The van der Waals surface area contributed by atoms with Crippen LogP contribution < -0.4 is 10.1 Å². The summed E-state index contributed by atoms with van der Waals surface area (Å²) in [6, 6.07) is 10.7. The van der Waals surface area contributed by atoms with Gasteiger partial charge in [-0.25, -0.2) is 4.98 Å². The molecule has 0 radical (unpaired) electrons. The third kappa shape index (κ3) is 4.29. The maximum Gasteiger partial charge on any atom is 0.256 e. The van der Waals surface area contributed by atoms with E-state index in [4.69, 9.17) is 4.74 Å². The molecule has 5 heteroatoms. The zero-order chi connectivity index (χ0) is 15.2. The normalized spacial score (nSPS) is 10.2. The molecule has 110 valence electrons. The second-order valence-corrected chi connectivity index (χ2v) is 5.45. The van der Waals surface area contributed by atoms with Crippen molar-refractivity contribution in [1.29, 1.82) is 0 Å². The van der Waals surface area contributed by atoms with Crippen LogP contribution in [0.2, 0.25) is 0 Å². The highest BCUT2D eigenvalue weighted by Gasteiger charge is 2.08. The van der Waals surface area contributed by atoms with E-state index in [0.29, 0.717) is 23.7 Å². The molecule has 0 unspecified atom stereocenters. The highest BCUT2D eigenvalue weighted by molar-refractivity contribution is 9.10. The minimum Gasteiger partial charge on any atom is -0.494 e. The van der Waals surface area contributed by atoms with Gasteiger partial charge in [-0.05, 0) is 59.6 Å². The summed E-state index contributed by atoms with van der Waals surface area (Å²) in [6.45, 7) is 4.55. The molecule has 1 aromatic heterocycles. The molecule has 1 heterocycles. The van der Waals surface area contributed by atoms with E-state index in [-0.39, 0.29) is 5.91 Å². The lowest BCUT2D eigenvalue weighted by Gasteiger charge is -2.08. The maximum atomic E-state index is 12.2. The summed E-state index contributed by atoms with van der Waals surface area (Å²) in [6.07, 6.45) is 0.929. The SMILES string of the molecule is CCCOc1cccc(C(=O)Nc2ccc(Br)c(C)n2)c1. The van der Waals surface area contributed by atoms with Crippen LogP contribution in [-0.4, -0.2) is 17.5 Å². The Kier molecular flexibility index (Phi) is 5.33. The number of hydrogen-bond acceptors (Lipinski definition) is 3. The number of carbonyl (C=O) groups excluding carboxylic acids is 1. The Hall–Kier alpha value is -1.88. The summed E-state index contributed by atoms with van der Waals surface area (Å²) >= 11 is 3.38. The second-order valence-electron chi connectivity index (χ2n) is 4.59. The molecule has 21 heavy (non-hydrogen) atoms. The first-order chi connectivity index (χ1) is 10.1. The summed E-state index contributed by atoms with van der Waals surface area (Å²) in [5.74, 6) is 1.02. The summed E-state index contributed by atoms with van der Waals surface area (Å²) in [5.41, 5.74) is 1.37. The van der Waals surface area contributed by atoms with E-state index in [1.54, 1.807) is 24.3 Å². The number of carbonyl (C=O) groups is 1. The van der Waals surface area contributed by atoms with E-state index in [9.17, 15) is 4.79 Å². The van der Waals surface area contributed by atoms with E-state index >= 15 is 0 Å². The number of anilines is 1. The molecule has 2 rings (SSSR count). The molecule has 0 saturated carbocycles. The largest absolute Gasteiger partial charge is 0.494 e. The van der Waals surface area contributed by atoms with Gasteiger partial charge in [0.25, 0.3) is 5.91 Å². The van der Waals surface area contributed by atoms with Gasteiger partial charge in [-0.2, -0.15) is 0 Å². The van der Waals surface area contributed by atoms with Crippen molar-refractivity contribution in [2.75, 3.05) is 11.9 Å². The lowest BCUT2D eigenvalue weighted by atomic mass is 10.2. The van der Waals surface area contributed by atoms with Crippen molar-refractivity contribution in [3.63, 3.8) is 0 Å². The van der Waals surface area contributed by atoms with Gasteiger partial charge in [0.2, 0.25) is 0 Å². The van der Waals surface area contributed by atoms with E-state index in [1.807, 2.05) is 26.0 Å². The van der Waals surface area contributed by atoms with Crippen LogP contribution in [0.5, 0.6) is 5.75 Å². The highest BCUT2D eigenvalue weighted by atomic mass is 79.9. The fraction of sp³-hybridized carbons (Fsp3) is 0.250. The molecule has 0 aliphatic rings. The fourth-order valence-corrected chi connectivity index (χ4v) is 1.97. The average Bonchev–Trinajstić information content (AvgIpc) is 2.49. The molecule has 0 bridgehead atoms. The number of nitrogens with one attached hydrogen (secondary N) is 1. The molecule has 4 nitrogen and oxygen atoms in total. The van der Waals surface area contributed by atoms with Gasteiger partial charge < -0.3 is 10.1 Å². The molecule has 1 amide bonds. The Bertz CT molecular complexity index is 644. The molecule has 0 spiro atoms. The molecule has 0 aliphatic heterocycles. The number of rotatable bonds is 5. The predicted octanol–water partition coefficient (Wildman–Crippen LogP) is 4.19. The topological polar surface area (TPSA) is 51.2 Å². The molecule has 2 aromatic rings. The van der Waals surface area contributed by atoms with Crippen molar-refractivity contribution in [2.24, 2.45) is 0 Å². The lowest BCUT2D eigenvalue weighted by molar-refractivity contribution is 0.102. The van der Waals surface area contributed by atoms with E-state index in [1.165, 1.54) is 0 Å². The molecular weight excluding hydrogens is 332 g/mol. The molecule has 1 N–H and O–H groups in total. The summed E-state index contributed by atoms with van der Waals surface area (Å²) in [5, 5.41) is 2.78.